The van der Waals surface area contributed by atoms with Crippen LogP contribution in [0.4, 0.5) is 4.79 Å². The Balaban J connectivity index is 1.16. The fourth-order valence-electron chi connectivity index (χ4n) is 5.65. The first kappa shape index (κ1) is 22.4. The third-order valence-corrected chi connectivity index (χ3v) is 7.82. The molecule has 0 aromatic heterocycles. The van der Waals surface area contributed by atoms with Crippen molar-refractivity contribution in [2.75, 3.05) is 13.2 Å². The highest BCUT2D eigenvalue weighted by atomic mass is 16.5. The van der Waals surface area contributed by atoms with Crippen LogP contribution in [0.15, 0.2) is 48.5 Å². The van der Waals surface area contributed by atoms with Gasteiger partial charge < -0.3 is 20.5 Å². The molecule has 0 radical (unpaired) electrons. The normalized spacial score (nSPS) is 22.2. The molecule has 3 aliphatic carbocycles. The van der Waals surface area contributed by atoms with Gasteiger partial charge in [-0.25, -0.2) is 4.79 Å². The summed E-state index contributed by atoms with van der Waals surface area (Å²) in [7, 11) is 0. The molecule has 0 spiro atoms. The summed E-state index contributed by atoms with van der Waals surface area (Å²) in [6.07, 6.45) is 3.56. The topological polar surface area (TPSA) is 105 Å². The molecule has 3 N–H and O–H groups in total. The number of rotatable bonds is 7. The first-order valence-electron chi connectivity index (χ1n) is 12.1. The average molecular weight is 463 g/mol. The fourth-order valence-corrected chi connectivity index (χ4v) is 5.65. The number of amides is 2. The lowest BCUT2D eigenvalue weighted by atomic mass is 9.68. The van der Waals surface area contributed by atoms with Crippen LogP contribution >= 0.6 is 0 Å². The van der Waals surface area contributed by atoms with Crippen molar-refractivity contribution < 1.29 is 24.2 Å². The minimum Gasteiger partial charge on any atom is -0.481 e. The number of hydrogen-bond donors (Lipinski definition) is 3. The Labute approximate surface area is 198 Å². The summed E-state index contributed by atoms with van der Waals surface area (Å²) in [5.41, 5.74) is 4.03. The highest BCUT2D eigenvalue weighted by molar-refractivity contribution is 5.85. The molecule has 0 saturated heterocycles. The van der Waals surface area contributed by atoms with Crippen LogP contribution in [0.5, 0.6) is 0 Å². The summed E-state index contributed by atoms with van der Waals surface area (Å²) in [6.45, 7) is 0.461. The van der Waals surface area contributed by atoms with Crippen molar-refractivity contribution in [1.29, 1.82) is 0 Å². The lowest BCUT2D eigenvalue weighted by Crippen LogP contribution is -2.54. The molecule has 2 amide bonds. The number of alkyl carbamates (subject to hydrolysis) is 1. The molecule has 0 aliphatic heterocycles. The van der Waals surface area contributed by atoms with Crippen LogP contribution in [-0.2, 0) is 14.3 Å². The number of ether oxygens (including phenoxy) is 1. The molecule has 0 unspecified atom stereocenters. The minimum absolute atomic E-state index is 0.0105. The SMILES string of the molecule is O=C(NCC1(C(=O)N[C@@H]2CC[C@H](C(=O)O)C2)CCC1)OCC1c2ccccc2-c2ccccc21. The van der Waals surface area contributed by atoms with Crippen LogP contribution in [0.25, 0.3) is 11.1 Å². The zero-order valence-corrected chi connectivity index (χ0v) is 19.1. The van der Waals surface area contributed by atoms with E-state index in [2.05, 4.69) is 34.9 Å². The largest absolute Gasteiger partial charge is 0.481 e. The van der Waals surface area contributed by atoms with Crippen LogP contribution in [0.2, 0.25) is 0 Å². The molecule has 2 saturated carbocycles. The van der Waals surface area contributed by atoms with E-state index in [1.165, 1.54) is 11.1 Å². The molecule has 7 nitrogen and oxygen atoms in total. The molecule has 2 fully saturated rings. The van der Waals surface area contributed by atoms with Crippen molar-refractivity contribution in [3.63, 3.8) is 0 Å². The van der Waals surface area contributed by atoms with Crippen molar-refractivity contribution in [3.05, 3.63) is 59.7 Å². The van der Waals surface area contributed by atoms with Crippen molar-refractivity contribution in [2.45, 2.75) is 50.5 Å². The van der Waals surface area contributed by atoms with Crippen molar-refractivity contribution in [2.24, 2.45) is 11.3 Å². The van der Waals surface area contributed by atoms with E-state index in [0.717, 1.165) is 17.5 Å². The number of carbonyl (C=O) groups excluding carboxylic acids is 2. The van der Waals surface area contributed by atoms with Gasteiger partial charge in [-0.05, 0) is 54.4 Å². The van der Waals surface area contributed by atoms with E-state index < -0.39 is 17.5 Å². The summed E-state index contributed by atoms with van der Waals surface area (Å²) < 4.78 is 5.61. The number of carboxylic acids is 1. The van der Waals surface area contributed by atoms with E-state index >= 15 is 0 Å². The molecule has 2 atom stereocenters. The van der Waals surface area contributed by atoms with Crippen molar-refractivity contribution in [1.82, 2.24) is 10.6 Å². The van der Waals surface area contributed by atoms with Crippen LogP contribution in [0, 0.1) is 11.3 Å². The molecule has 178 valence electrons. The van der Waals surface area contributed by atoms with Gasteiger partial charge in [-0.3, -0.25) is 9.59 Å². The fraction of sp³-hybridized carbons (Fsp3) is 0.444. The lowest BCUT2D eigenvalue weighted by molar-refractivity contribution is -0.142. The quantitative estimate of drug-likeness (QED) is 0.576. The van der Waals surface area contributed by atoms with E-state index in [0.29, 0.717) is 32.1 Å². The number of carboxylic acid groups (broad SMARTS) is 1. The number of hydrogen-bond acceptors (Lipinski definition) is 4. The van der Waals surface area contributed by atoms with E-state index in [9.17, 15) is 19.5 Å². The van der Waals surface area contributed by atoms with Crippen LogP contribution < -0.4 is 10.6 Å². The third kappa shape index (κ3) is 4.15. The Hall–Kier alpha value is -3.35. The second-order valence-electron chi connectivity index (χ2n) is 9.83. The summed E-state index contributed by atoms with van der Waals surface area (Å²) in [4.78, 5) is 36.7. The van der Waals surface area contributed by atoms with Gasteiger partial charge in [0.15, 0.2) is 0 Å². The molecular formula is C27H30N2O5. The molecule has 3 aliphatic rings. The number of nitrogens with one attached hydrogen (secondary N) is 2. The molecule has 0 heterocycles. The Kier molecular flexibility index (Phi) is 6.02. The molecule has 2 aromatic carbocycles. The Morgan fingerprint density at radius 1 is 0.971 bits per heavy atom. The maximum Gasteiger partial charge on any atom is 0.407 e. The van der Waals surface area contributed by atoms with Crippen LogP contribution in [0.3, 0.4) is 0 Å². The highest BCUT2D eigenvalue weighted by Gasteiger charge is 2.45. The second kappa shape index (κ2) is 9.12. The first-order chi connectivity index (χ1) is 16.5. The van der Waals surface area contributed by atoms with Gasteiger partial charge >= 0.3 is 12.1 Å². The van der Waals surface area contributed by atoms with E-state index in [1.54, 1.807) is 0 Å². The molecule has 0 bridgehead atoms. The van der Waals surface area contributed by atoms with Crippen LogP contribution in [-0.4, -0.2) is 42.3 Å². The Morgan fingerprint density at radius 2 is 1.62 bits per heavy atom. The highest BCUT2D eigenvalue weighted by Crippen LogP contribution is 2.44. The molecular weight excluding hydrogens is 432 g/mol. The maximum absolute atomic E-state index is 13.0. The van der Waals surface area contributed by atoms with Crippen molar-refractivity contribution in [3.8, 4) is 11.1 Å². The third-order valence-electron chi connectivity index (χ3n) is 7.82. The zero-order valence-electron chi connectivity index (χ0n) is 19.1. The number of carbonyl (C=O) groups is 3. The molecule has 2 aromatic rings. The summed E-state index contributed by atoms with van der Waals surface area (Å²) in [6, 6.07) is 16.3. The Morgan fingerprint density at radius 3 is 2.18 bits per heavy atom. The summed E-state index contributed by atoms with van der Waals surface area (Å²) in [5.74, 6) is -1.29. The van der Waals surface area contributed by atoms with Gasteiger partial charge in [0.25, 0.3) is 0 Å². The van der Waals surface area contributed by atoms with Gasteiger partial charge in [0.05, 0.1) is 11.3 Å². The first-order valence-corrected chi connectivity index (χ1v) is 12.1. The minimum atomic E-state index is -0.799. The Bertz CT molecular complexity index is 1060. The van der Waals surface area contributed by atoms with E-state index in [1.807, 2.05) is 24.3 Å². The molecule has 34 heavy (non-hydrogen) atoms. The summed E-state index contributed by atoms with van der Waals surface area (Å²) >= 11 is 0. The van der Waals surface area contributed by atoms with Gasteiger partial charge in [0, 0.05) is 18.5 Å². The predicted octanol–water partition coefficient (Wildman–Crippen LogP) is 4.06. The average Bonchev–Trinajstić information content (AvgIpc) is 3.40. The monoisotopic (exact) mass is 462 g/mol. The zero-order chi connectivity index (χ0) is 23.7. The predicted molar refractivity (Wildman–Crippen MR) is 126 cm³/mol. The standard InChI is InChI=1S/C27H30N2O5/c30-24(31)17-10-11-18(14-17)29-25(32)27(12-5-13-27)16-28-26(33)34-15-23-21-8-3-1-6-19(21)20-7-2-4-9-22(20)23/h1-4,6-9,17-18,23H,5,10-16H2,(H,28,33)(H,29,32)(H,30,31)/t17-,18+/m0/s1. The van der Waals surface area contributed by atoms with E-state index in [4.69, 9.17) is 4.74 Å². The molecule has 7 heteroatoms. The smallest absolute Gasteiger partial charge is 0.407 e. The van der Waals surface area contributed by atoms with Gasteiger partial charge in [-0.1, -0.05) is 55.0 Å². The van der Waals surface area contributed by atoms with Crippen molar-refractivity contribution >= 4 is 18.0 Å². The number of benzene rings is 2. The maximum atomic E-state index is 13.0. The van der Waals surface area contributed by atoms with Gasteiger partial charge in [0.2, 0.25) is 5.91 Å². The number of aliphatic carboxylic acids is 1. The molecule has 5 rings (SSSR count). The van der Waals surface area contributed by atoms with Gasteiger partial charge in [-0.2, -0.15) is 0 Å². The van der Waals surface area contributed by atoms with Gasteiger partial charge in [0.1, 0.15) is 6.61 Å². The summed E-state index contributed by atoms with van der Waals surface area (Å²) in [5, 5.41) is 15.0. The second-order valence-corrected chi connectivity index (χ2v) is 9.83. The number of fused-ring (bicyclic) bond motifs is 3. The van der Waals surface area contributed by atoms with E-state index in [-0.39, 0.29) is 36.9 Å². The van der Waals surface area contributed by atoms with Gasteiger partial charge in [-0.15, -0.1) is 0 Å². The lowest BCUT2D eigenvalue weighted by Gasteiger charge is -2.40. The van der Waals surface area contributed by atoms with Crippen LogP contribution in [0.1, 0.15) is 55.6 Å².